The Hall–Kier alpha value is -1.97. The van der Waals surface area contributed by atoms with Crippen LogP contribution in [-0.2, 0) is 0 Å². The molecule has 0 aliphatic heterocycles. The maximum Gasteiger partial charge on any atom is 0.273 e. The van der Waals surface area contributed by atoms with Crippen LogP contribution >= 0.6 is 22.9 Å². The van der Waals surface area contributed by atoms with Gasteiger partial charge in [-0.25, -0.2) is 9.37 Å². The molecule has 0 bridgehead atoms. The van der Waals surface area contributed by atoms with Crippen molar-refractivity contribution in [2.75, 3.05) is 32.1 Å². The van der Waals surface area contributed by atoms with Gasteiger partial charge < -0.3 is 4.90 Å². The van der Waals surface area contributed by atoms with Gasteiger partial charge in [0.05, 0.1) is 10.4 Å². The summed E-state index contributed by atoms with van der Waals surface area (Å²) in [6.45, 7) is 3.09. The lowest BCUT2D eigenvalue weighted by Crippen LogP contribution is -2.33. The number of hydrogen-bond acceptors (Lipinski definition) is 7. The lowest BCUT2D eigenvalue weighted by molar-refractivity contribution is 0.0989. The van der Waals surface area contributed by atoms with E-state index >= 15 is 0 Å². The van der Waals surface area contributed by atoms with Crippen LogP contribution in [0.1, 0.15) is 21.8 Å². The van der Waals surface area contributed by atoms with E-state index in [1.54, 1.807) is 17.9 Å². The van der Waals surface area contributed by atoms with Crippen molar-refractivity contribution in [1.29, 1.82) is 0 Å². The number of carbonyl (C=O) groups excluding carboxylic acids is 1. The lowest BCUT2D eigenvalue weighted by atomic mass is 10.3. The zero-order chi connectivity index (χ0) is 18.0. The number of hydrogen-bond donors (Lipinski definition) is 0. The number of benzene rings is 1. The van der Waals surface area contributed by atoms with Gasteiger partial charge in [0.1, 0.15) is 16.2 Å². The van der Waals surface area contributed by atoms with Crippen molar-refractivity contribution in [2.24, 2.45) is 0 Å². The van der Waals surface area contributed by atoms with E-state index in [9.17, 15) is 9.18 Å². The van der Waals surface area contributed by atoms with Crippen molar-refractivity contribution in [3.63, 3.8) is 0 Å². The zero-order valence-electron chi connectivity index (χ0n) is 14.2. The summed E-state index contributed by atoms with van der Waals surface area (Å²) in [4.78, 5) is 21.5. The molecule has 0 spiro atoms. The molecule has 1 aromatic carbocycles. The molecule has 3 aromatic rings. The van der Waals surface area contributed by atoms with Crippen LogP contribution in [0.15, 0.2) is 18.2 Å². The molecule has 132 valence electrons. The smallest absolute Gasteiger partial charge is 0.273 e. The molecule has 2 aromatic heterocycles. The minimum absolute atomic E-state index is 0.189. The van der Waals surface area contributed by atoms with Crippen LogP contribution in [0.2, 0.25) is 0 Å². The van der Waals surface area contributed by atoms with E-state index in [1.165, 1.54) is 17.4 Å². The second-order valence-electron chi connectivity index (χ2n) is 5.88. The van der Waals surface area contributed by atoms with Crippen LogP contribution in [-0.4, -0.2) is 52.6 Å². The minimum atomic E-state index is -0.378. The van der Waals surface area contributed by atoms with Crippen molar-refractivity contribution in [3.8, 4) is 0 Å². The van der Waals surface area contributed by atoms with E-state index in [0.29, 0.717) is 27.8 Å². The first-order valence-electron chi connectivity index (χ1n) is 7.78. The molecule has 9 heteroatoms. The molecule has 0 atom stereocenters. The van der Waals surface area contributed by atoms with Gasteiger partial charge in [-0.15, -0.1) is 5.10 Å². The summed E-state index contributed by atoms with van der Waals surface area (Å²) in [7, 11) is 3.97. The van der Waals surface area contributed by atoms with Gasteiger partial charge in [0.25, 0.3) is 5.91 Å². The van der Waals surface area contributed by atoms with Gasteiger partial charge in [-0.1, -0.05) is 21.9 Å². The summed E-state index contributed by atoms with van der Waals surface area (Å²) in [5.41, 5.74) is 0.895. The van der Waals surface area contributed by atoms with Gasteiger partial charge in [-0.2, -0.15) is 0 Å². The second kappa shape index (κ2) is 7.51. The Morgan fingerprint density at radius 2 is 2.08 bits per heavy atom. The highest BCUT2D eigenvalue weighted by molar-refractivity contribution is 7.22. The highest BCUT2D eigenvalue weighted by atomic mass is 32.1. The predicted molar refractivity (Wildman–Crippen MR) is 99.1 cm³/mol. The van der Waals surface area contributed by atoms with E-state index in [1.807, 2.05) is 20.2 Å². The number of aromatic nitrogens is 3. The molecule has 0 aliphatic carbocycles. The average molecular weight is 379 g/mol. The van der Waals surface area contributed by atoms with Gasteiger partial charge in [0, 0.05) is 6.54 Å². The first-order valence-corrected chi connectivity index (χ1v) is 9.37. The fourth-order valence-corrected chi connectivity index (χ4v) is 4.01. The fourth-order valence-electron chi connectivity index (χ4n) is 2.40. The maximum atomic E-state index is 14.0. The first kappa shape index (κ1) is 17.8. The molecule has 25 heavy (non-hydrogen) atoms. The topological polar surface area (TPSA) is 62.2 Å². The average Bonchev–Trinajstić information content (AvgIpc) is 3.17. The SMILES string of the molecule is Cc1nnsc1C(=O)N(CCCN(C)C)c1nc2c(F)cccc2s1. The van der Waals surface area contributed by atoms with Gasteiger partial charge in [-0.05, 0) is 57.6 Å². The van der Waals surface area contributed by atoms with Gasteiger partial charge in [-0.3, -0.25) is 9.69 Å². The van der Waals surface area contributed by atoms with E-state index in [2.05, 4.69) is 19.5 Å². The quantitative estimate of drug-likeness (QED) is 0.658. The van der Waals surface area contributed by atoms with E-state index in [0.717, 1.165) is 29.2 Å². The Kier molecular flexibility index (Phi) is 5.36. The van der Waals surface area contributed by atoms with Crippen molar-refractivity contribution in [2.45, 2.75) is 13.3 Å². The number of fused-ring (bicyclic) bond motifs is 1. The number of rotatable bonds is 6. The molecule has 0 fully saturated rings. The minimum Gasteiger partial charge on any atom is -0.309 e. The molecule has 1 amide bonds. The fraction of sp³-hybridized carbons (Fsp3) is 0.375. The third kappa shape index (κ3) is 3.83. The highest BCUT2D eigenvalue weighted by Crippen LogP contribution is 2.31. The van der Waals surface area contributed by atoms with Crippen molar-refractivity contribution >= 4 is 44.1 Å². The van der Waals surface area contributed by atoms with Crippen LogP contribution < -0.4 is 4.90 Å². The molecular formula is C16H18FN5OS2. The number of amides is 1. The largest absolute Gasteiger partial charge is 0.309 e. The Morgan fingerprint density at radius 1 is 1.28 bits per heavy atom. The van der Waals surface area contributed by atoms with Crippen LogP contribution in [0.25, 0.3) is 10.2 Å². The first-order chi connectivity index (χ1) is 12.0. The van der Waals surface area contributed by atoms with Crippen LogP contribution in [0, 0.1) is 12.7 Å². The summed E-state index contributed by atoms with van der Waals surface area (Å²) >= 11 is 2.38. The Labute approximate surface area is 153 Å². The molecule has 0 saturated heterocycles. The Bertz CT molecular complexity index is 892. The van der Waals surface area contributed by atoms with E-state index in [-0.39, 0.29) is 11.7 Å². The Morgan fingerprint density at radius 3 is 2.72 bits per heavy atom. The predicted octanol–water partition coefficient (Wildman–Crippen LogP) is 3.19. The number of para-hydroxylation sites is 1. The molecule has 0 radical (unpaired) electrons. The number of nitrogens with zero attached hydrogens (tertiary/aromatic N) is 5. The molecule has 3 rings (SSSR count). The molecular weight excluding hydrogens is 361 g/mol. The van der Waals surface area contributed by atoms with Crippen molar-refractivity contribution < 1.29 is 9.18 Å². The van der Waals surface area contributed by atoms with Crippen LogP contribution in [0.3, 0.4) is 0 Å². The second-order valence-corrected chi connectivity index (χ2v) is 7.65. The number of aryl methyl sites for hydroxylation is 1. The Balaban J connectivity index is 1.95. The van der Waals surface area contributed by atoms with Crippen molar-refractivity contribution in [1.82, 2.24) is 19.5 Å². The zero-order valence-corrected chi connectivity index (χ0v) is 15.8. The summed E-state index contributed by atoms with van der Waals surface area (Å²) < 4.78 is 18.5. The van der Waals surface area contributed by atoms with Gasteiger partial charge >= 0.3 is 0 Å². The monoisotopic (exact) mass is 379 g/mol. The third-order valence-electron chi connectivity index (χ3n) is 3.67. The third-order valence-corrected chi connectivity index (χ3v) is 5.53. The van der Waals surface area contributed by atoms with E-state index in [4.69, 9.17) is 0 Å². The summed E-state index contributed by atoms with van der Waals surface area (Å²) in [6, 6.07) is 4.83. The number of anilines is 1. The summed E-state index contributed by atoms with van der Waals surface area (Å²) in [5.74, 6) is -0.568. The molecule has 0 aliphatic rings. The molecule has 0 unspecified atom stereocenters. The normalized spacial score (nSPS) is 11.4. The van der Waals surface area contributed by atoms with Crippen LogP contribution in [0.5, 0.6) is 0 Å². The summed E-state index contributed by atoms with van der Waals surface area (Å²) in [6.07, 6.45) is 0.780. The number of carbonyl (C=O) groups is 1. The summed E-state index contributed by atoms with van der Waals surface area (Å²) in [5, 5.41) is 4.41. The van der Waals surface area contributed by atoms with Gasteiger partial charge in [0.15, 0.2) is 5.13 Å². The molecule has 6 nitrogen and oxygen atoms in total. The number of halogens is 1. The molecule has 0 N–H and O–H groups in total. The van der Waals surface area contributed by atoms with Crippen molar-refractivity contribution in [3.05, 3.63) is 34.6 Å². The molecule has 0 saturated carbocycles. The standard InChI is InChI=1S/C16H18FN5OS2/c1-10-14(25-20-19-10)15(23)22(9-5-8-21(2)3)16-18-13-11(17)6-4-7-12(13)24-16/h4,6-7H,5,8-9H2,1-3H3. The van der Waals surface area contributed by atoms with Gasteiger partial charge in [0.2, 0.25) is 0 Å². The maximum absolute atomic E-state index is 14.0. The lowest BCUT2D eigenvalue weighted by Gasteiger charge is -2.20. The van der Waals surface area contributed by atoms with Crippen LogP contribution in [0.4, 0.5) is 9.52 Å². The molecule has 2 heterocycles. The highest BCUT2D eigenvalue weighted by Gasteiger charge is 2.25. The number of thiazole rings is 1. The van der Waals surface area contributed by atoms with E-state index < -0.39 is 0 Å².